The third-order valence-corrected chi connectivity index (χ3v) is 5.17. The molecule has 0 bridgehead atoms. The molecule has 2 N–H and O–H groups in total. The zero-order valence-corrected chi connectivity index (χ0v) is 12.8. The summed E-state index contributed by atoms with van der Waals surface area (Å²) in [6, 6.07) is 0.467. The monoisotopic (exact) mass is 291 g/mol. The minimum atomic E-state index is 0.327. The number of anilines is 1. The van der Waals surface area contributed by atoms with E-state index in [1.165, 1.54) is 10.9 Å². The molecule has 0 unspecified atom stereocenters. The summed E-state index contributed by atoms with van der Waals surface area (Å²) >= 11 is 1.68. The van der Waals surface area contributed by atoms with E-state index >= 15 is 0 Å². The predicted molar refractivity (Wildman–Crippen MR) is 83.3 cm³/mol. The van der Waals surface area contributed by atoms with Gasteiger partial charge < -0.3 is 10.4 Å². The Balaban J connectivity index is 1.82. The van der Waals surface area contributed by atoms with E-state index in [2.05, 4.69) is 27.6 Å². The molecule has 1 aliphatic rings. The van der Waals surface area contributed by atoms with Gasteiger partial charge in [-0.25, -0.2) is 9.97 Å². The topological polar surface area (TPSA) is 58.0 Å². The first-order valence-corrected chi connectivity index (χ1v) is 8.15. The molecule has 0 saturated heterocycles. The first-order chi connectivity index (χ1) is 9.67. The fourth-order valence-corrected chi connectivity index (χ4v) is 3.94. The zero-order chi connectivity index (χ0) is 14.1. The van der Waals surface area contributed by atoms with Crippen molar-refractivity contribution in [1.82, 2.24) is 9.97 Å². The molecule has 0 radical (unpaired) electrons. The van der Waals surface area contributed by atoms with Gasteiger partial charge in [0.2, 0.25) is 0 Å². The summed E-state index contributed by atoms with van der Waals surface area (Å²) in [5, 5.41) is 16.1. The van der Waals surface area contributed by atoms with Crippen LogP contribution in [0.2, 0.25) is 0 Å². The molecule has 3 rings (SSSR count). The van der Waals surface area contributed by atoms with Gasteiger partial charge in [-0.05, 0) is 56.4 Å². The maximum atomic E-state index is 9.21. The van der Waals surface area contributed by atoms with Gasteiger partial charge in [0, 0.05) is 12.6 Å². The van der Waals surface area contributed by atoms with Crippen LogP contribution in [0.1, 0.15) is 37.1 Å². The lowest BCUT2D eigenvalue weighted by atomic mass is 9.86. The number of aryl methyl sites for hydroxylation is 2. The molecule has 1 saturated carbocycles. The van der Waals surface area contributed by atoms with Crippen LogP contribution in [0.3, 0.4) is 0 Å². The van der Waals surface area contributed by atoms with Gasteiger partial charge >= 0.3 is 0 Å². The highest BCUT2D eigenvalue weighted by atomic mass is 32.1. The Morgan fingerprint density at radius 3 is 2.70 bits per heavy atom. The second-order valence-corrected chi connectivity index (χ2v) is 6.62. The fraction of sp³-hybridized carbons (Fsp3) is 0.600. The van der Waals surface area contributed by atoms with E-state index in [1.807, 2.05) is 6.92 Å². The third kappa shape index (κ3) is 2.65. The Morgan fingerprint density at radius 1 is 1.25 bits per heavy atom. The second-order valence-electron chi connectivity index (χ2n) is 5.76. The molecule has 0 spiro atoms. The number of hydrogen-bond donors (Lipinski definition) is 2. The number of hydrogen-bond acceptors (Lipinski definition) is 5. The summed E-state index contributed by atoms with van der Waals surface area (Å²) in [4.78, 5) is 10.2. The predicted octanol–water partition coefficient (Wildman–Crippen LogP) is 3.27. The van der Waals surface area contributed by atoms with Crippen LogP contribution in [-0.4, -0.2) is 27.7 Å². The largest absolute Gasteiger partial charge is 0.396 e. The molecule has 4 nitrogen and oxygen atoms in total. The van der Waals surface area contributed by atoms with Crippen LogP contribution in [0.4, 0.5) is 5.82 Å². The number of aliphatic hydroxyl groups excluding tert-OH is 1. The maximum Gasteiger partial charge on any atom is 0.138 e. The molecular weight excluding hydrogens is 270 g/mol. The van der Waals surface area contributed by atoms with Crippen LogP contribution in [0.15, 0.2) is 5.38 Å². The van der Waals surface area contributed by atoms with Crippen molar-refractivity contribution in [2.45, 2.75) is 45.6 Å². The molecule has 2 aromatic heterocycles. The molecule has 0 aromatic carbocycles. The van der Waals surface area contributed by atoms with Crippen molar-refractivity contribution in [1.29, 1.82) is 0 Å². The van der Waals surface area contributed by atoms with Crippen LogP contribution in [0, 0.1) is 19.8 Å². The van der Waals surface area contributed by atoms with Gasteiger partial charge in [-0.2, -0.15) is 0 Å². The summed E-state index contributed by atoms with van der Waals surface area (Å²) < 4.78 is 0. The number of rotatable bonds is 3. The smallest absolute Gasteiger partial charge is 0.138 e. The lowest BCUT2D eigenvalue weighted by molar-refractivity contribution is 0.186. The van der Waals surface area contributed by atoms with E-state index in [-0.39, 0.29) is 0 Å². The van der Waals surface area contributed by atoms with Gasteiger partial charge in [0.1, 0.15) is 16.5 Å². The van der Waals surface area contributed by atoms with Crippen LogP contribution in [0.5, 0.6) is 0 Å². The Bertz CT molecular complexity index is 602. The van der Waals surface area contributed by atoms with Crippen molar-refractivity contribution in [2.24, 2.45) is 5.92 Å². The molecule has 5 heteroatoms. The molecule has 108 valence electrons. The summed E-state index contributed by atoms with van der Waals surface area (Å²) in [6.07, 6.45) is 4.42. The number of thiophene rings is 1. The second kappa shape index (κ2) is 5.66. The van der Waals surface area contributed by atoms with Crippen molar-refractivity contribution >= 4 is 27.4 Å². The average molecular weight is 291 g/mol. The molecule has 0 aliphatic heterocycles. The van der Waals surface area contributed by atoms with Crippen molar-refractivity contribution in [3.63, 3.8) is 0 Å². The van der Waals surface area contributed by atoms with E-state index in [4.69, 9.17) is 0 Å². The van der Waals surface area contributed by atoms with Gasteiger partial charge in [-0.3, -0.25) is 0 Å². The fourth-order valence-electron chi connectivity index (χ4n) is 2.98. The first kappa shape index (κ1) is 13.8. The van der Waals surface area contributed by atoms with Crippen molar-refractivity contribution in [3.8, 4) is 0 Å². The Labute approximate surface area is 123 Å². The van der Waals surface area contributed by atoms with Gasteiger partial charge in [-0.15, -0.1) is 11.3 Å². The Kier molecular flexibility index (Phi) is 3.89. The van der Waals surface area contributed by atoms with Gasteiger partial charge in [0.25, 0.3) is 0 Å². The van der Waals surface area contributed by atoms with Crippen molar-refractivity contribution < 1.29 is 5.11 Å². The maximum absolute atomic E-state index is 9.21. The Morgan fingerprint density at radius 2 is 2.00 bits per heavy atom. The van der Waals surface area contributed by atoms with E-state index in [9.17, 15) is 5.11 Å². The quantitative estimate of drug-likeness (QED) is 0.911. The van der Waals surface area contributed by atoms with Gasteiger partial charge in [-0.1, -0.05) is 0 Å². The number of aliphatic hydroxyl groups is 1. The zero-order valence-electron chi connectivity index (χ0n) is 12.0. The highest BCUT2D eigenvalue weighted by molar-refractivity contribution is 7.17. The average Bonchev–Trinajstić information content (AvgIpc) is 2.81. The standard InChI is InChI=1S/C15H21N3OS/c1-9-8-20-15-13(9)14(16-10(2)17-15)18-12-5-3-11(7-19)4-6-12/h8,11-12,19H,3-7H2,1-2H3,(H,16,17,18). The summed E-state index contributed by atoms with van der Waals surface area (Å²) in [6.45, 7) is 4.39. The van der Waals surface area contributed by atoms with E-state index in [0.29, 0.717) is 18.6 Å². The molecule has 2 heterocycles. The normalized spacial score (nSPS) is 23.1. The summed E-state index contributed by atoms with van der Waals surface area (Å²) in [5.41, 5.74) is 1.25. The number of nitrogens with zero attached hydrogens (tertiary/aromatic N) is 2. The van der Waals surface area contributed by atoms with Crippen LogP contribution < -0.4 is 5.32 Å². The minimum Gasteiger partial charge on any atom is -0.396 e. The van der Waals surface area contributed by atoms with Crippen molar-refractivity contribution in [2.75, 3.05) is 11.9 Å². The van der Waals surface area contributed by atoms with E-state index < -0.39 is 0 Å². The highest BCUT2D eigenvalue weighted by Gasteiger charge is 2.22. The Hall–Kier alpha value is -1.20. The third-order valence-electron chi connectivity index (χ3n) is 4.18. The molecule has 1 fully saturated rings. The van der Waals surface area contributed by atoms with Crippen LogP contribution in [0.25, 0.3) is 10.2 Å². The SMILES string of the molecule is Cc1nc(NC2CCC(CO)CC2)c2c(C)csc2n1. The van der Waals surface area contributed by atoms with Crippen molar-refractivity contribution in [3.05, 3.63) is 16.8 Å². The highest BCUT2D eigenvalue weighted by Crippen LogP contribution is 2.32. The molecule has 1 aliphatic carbocycles. The molecule has 0 amide bonds. The number of aromatic nitrogens is 2. The molecular formula is C15H21N3OS. The first-order valence-electron chi connectivity index (χ1n) is 7.27. The minimum absolute atomic E-state index is 0.327. The van der Waals surface area contributed by atoms with Gasteiger partial charge in [0.05, 0.1) is 5.39 Å². The van der Waals surface area contributed by atoms with Crippen LogP contribution in [-0.2, 0) is 0 Å². The van der Waals surface area contributed by atoms with E-state index in [1.54, 1.807) is 11.3 Å². The lowest BCUT2D eigenvalue weighted by Crippen LogP contribution is -2.27. The number of nitrogens with one attached hydrogen (secondary N) is 1. The van der Waals surface area contributed by atoms with Gasteiger partial charge in [0.15, 0.2) is 0 Å². The summed E-state index contributed by atoms with van der Waals surface area (Å²) in [5.74, 6) is 2.30. The summed E-state index contributed by atoms with van der Waals surface area (Å²) in [7, 11) is 0. The van der Waals surface area contributed by atoms with E-state index in [0.717, 1.165) is 42.2 Å². The lowest BCUT2D eigenvalue weighted by Gasteiger charge is -2.28. The molecule has 2 aromatic rings. The number of fused-ring (bicyclic) bond motifs is 1. The molecule has 0 atom stereocenters. The molecule has 20 heavy (non-hydrogen) atoms. The van der Waals surface area contributed by atoms with Crippen LogP contribution >= 0.6 is 11.3 Å².